The third kappa shape index (κ3) is 3.72. The van der Waals surface area contributed by atoms with Crippen LogP contribution < -0.4 is 5.73 Å². The molecule has 4 heteroatoms. The van der Waals surface area contributed by atoms with Crippen molar-refractivity contribution in [3.05, 3.63) is 28.5 Å². The van der Waals surface area contributed by atoms with E-state index in [1.807, 2.05) is 19.9 Å². The molecule has 0 aliphatic rings. The first-order valence-corrected chi connectivity index (χ1v) is 5.67. The van der Waals surface area contributed by atoms with Gasteiger partial charge < -0.3 is 5.73 Å². The Labute approximate surface area is 98.2 Å². The molecule has 0 aliphatic heterocycles. The summed E-state index contributed by atoms with van der Waals surface area (Å²) in [5.41, 5.74) is 6.59. The highest BCUT2D eigenvalue weighted by Crippen LogP contribution is 2.12. The molecule has 82 valence electrons. The molecule has 0 saturated heterocycles. The summed E-state index contributed by atoms with van der Waals surface area (Å²) in [6.07, 6.45) is 3.80. The molecule has 2 unspecified atom stereocenters. The number of hydrogen-bond donors (Lipinski definition) is 1. The number of pyridine rings is 1. The summed E-state index contributed by atoms with van der Waals surface area (Å²) < 4.78 is 0.890. The van der Waals surface area contributed by atoms with Gasteiger partial charge in [0, 0.05) is 35.2 Å². The smallest absolute Gasteiger partial charge is 0.141 e. The lowest BCUT2D eigenvalue weighted by Gasteiger charge is -2.13. The van der Waals surface area contributed by atoms with Crippen molar-refractivity contribution in [1.82, 2.24) is 4.98 Å². The largest absolute Gasteiger partial charge is 0.327 e. The van der Waals surface area contributed by atoms with Gasteiger partial charge in [0.2, 0.25) is 0 Å². The average Bonchev–Trinajstić information content (AvgIpc) is 2.16. The number of carbonyl (C=O) groups is 1. The molecule has 0 saturated carbocycles. The number of hydrogen-bond acceptors (Lipinski definition) is 3. The van der Waals surface area contributed by atoms with Gasteiger partial charge in [-0.25, -0.2) is 0 Å². The fraction of sp³-hybridized carbons (Fsp3) is 0.455. The summed E-state index contributed by atoms with van der Waals surface area (Å²) >= 11 is 3.32. The van der Waals surface area contributed by atoms with Gasteiger partial charge in [-0.2, -0.15) is 0 Å². The van der Waals surface area contributed by atoms with E-state index in [0.717, 1.165) is 10.0 Å². The third-order valence-corrected chi connectivity index (χ3v) is 2.87. The Kier molecular flexibility index (Phi) is 4.42. The van der Waals surface area contributed by atoms with Crippen molar-refractivity contribution in [1.29, 1.82) is 0 Å². The monoisotopic (exact) mass is 270 g/mol. The van der Waals surface area contributed by atoms with E-state index >= 15 is 0 Å². The van der Waals surface area contributed by atoms with E-state index in [1.165, 1.54) is 0 Å². The standard InChI is InChI=1S/C11H15BrN2O/c1-7(8(2)13)11(15)4-9-3-10(12)6-14-5-9/h3,5-8H,4,13H2,1-2H3. The van der Waals surface area contributed by atoms with Crippen LogP contribution in [0.25, 0.3) is 0 Å². The van der Waals surface area contributed by atoms with E-state index in [9.17, 15) is 4.79 Å². The van der Waals surface area contributed by atoms with Crippen molar-refractivity contribution in [3.8, 4) is 0 Å². The van der Waals surface area contributed by atoms with Gasteiger partial charge in [-0.1, -0.05) is 6.92 Å². The lowest BCUT2D eigenvalue weighted by molar-refractivity contribution is -0.122. The second kappa shape index (κ2) is 5.37. The van der Waals surface area contributed by atoms with Crippen LogP contribution in [0.4, 0.5) is 0 Å². The average molecular weight is 271 g/mol. The molecule has 1 rings (SSSR count). The Morgan fingerprint density at radius 3 is 2.73 bits per heavy atom. The zero-order chi connectivity index (χ0) is 11.4. The van der Waals surface area contributed by atoms with Crippen LogP contribution in [0.2, 0.25) is 0 Å². The molecule has 0 aliphatic carbocycles. The number of nitrogens with zero attached hydrogens (tertiary/aromatic N) is 1. The van der Waals surface area contributed by atoms with Crippen molar-refractivity contribution in [3.63, 3.8) is 0 Å². The lowest BCUT2D eigenvalue weighted by atomic mass is 9.95. The highest BCUT2D eigenvalue weighted by molar-refractivity contribution is 9.10. The molecule has 2 N–H and O–H groups in total. The Morgan fingerprint density at radius 2 is 2.20 bits per heavy atom. The van der Waals surface area contributed by atoms with Crippen molar-refractivity contribution in [2.24, 2.45) is 11.7 Å². The maximum Gasteiger partial charge on any atom is 0.141 e. The Hall–Kier alpha value is -0.740. The number of Topliss-reactive ketones (excluding diaryl/α,β-unsaturated/α-hetero) is 1. The van der Waals surface area contributed by atoms with Crippen LogP contribution in [0.15, 0.2) is 22.9 Å². The first-order valence-electron chi connectivity index (χ1n) is 4.88. The van der Waals surface area contributed by atoms with Crippen LogP contribution >= 0.6 is 15.9 Å². The van der Waals surface area contributed by atoms with E-state index in [-0.39, 0.29) is 17.7 Å². The van der Waals surface area contributed by atoms with E-state index in [1.54, 1.807) is 12.4 Å². The van der Waals surface area contributed by atoms with E-state index in [0.29, 0.717) is 6.42 Å². The van der Waals surface area contributed by atoms with Gasteiger partial charge in [0.15, 0.2) is 0 Å². The summed E-state index contributed by atoms with van der Waals surface area (Å²) in [4.78, 5) is 15.8. The summed E-state index contributed by atoms with van der Waals surface area (Å²) in [6, 6.07) is 1.80. The van der Waals surface area contributed by atoms with Gasteiger partial charge in [-0.3, -0.25) is 9.78 Å². The Balaban J connectivity index is 2.66. The topological polar surface area (TPSA) is 56.0 Å². The van der Waals surface area contributed by atoms with E-state index in [2.05, 4.69) is 20.9 Å². The minimum absolute atomic E-state index is 0.0994. The van der Waals surface area contributed by atoms with Gasteiger partial charge in [0.05, 0.1) is 0 Å². The number of ketones is 1. The normalized spacial score (nSPS) is 14.7. The predicted molar refractivity (Wildman–Crippen MR) is 63.5 cm³/mol. The molecule has 1 aromatic heterocycles. The molecule has 1 aromatic rings. The highest BCUT2D eigenvalue weighted by atomic mass is 79.9. The number of rotatable bonds is 4. The zero-order valence-electron chi connectivity index (χ0n) is 8.90. The molecule has 0 aromatic carbocycles. The Morgan fingerprint density at radius 1 is 1.53 bits per heavy atom. The molecular formula is C11H15BrN2O. The number of aromatic nitrogens is 1. The van der Waals surface area contributed by atoms with Crippen LogP contribution in [0, 0.1) is 5.92 Å². The highest BCUT2D eigenvalue weighted by Gasteiger charge is 2.17. The number of halogens is 1. The second-order valence-electron chi connectivity index (χ2n) is 3.80. The fourth-order valence-electron chi connectivity index (χ4n) is 1.21. The van der Waals surface area contributed by atoms with Crippen molar-refractivity contribution >= 4 is 21.7 Å². The summed E-state index contributed by atoms with van der Waals surface area (Å²) in [7, 11) is 0. The molecule has 0 spiro atoms. The third-order valence-electron chi connectivity index (χ3n) is 2.44. The van der Waals surface area contributed by atoms with Crippen molar-refractivity contribution in [2.45, 2.75) is 26.3 Å². The molecule has 0 amide bonds. The number of nitrogens with two attached hydrogens (primary N) is 1. The molecule has 0 fully saturated rings. The van der Waals surface area contributed by atoms with Crippen LogP contribution in [0.3, 0.4) is 0 Å². The Bertz CT molecular complexity index is 352. The second-order valence-corrected chi connectivity index (χ2v) is 4.72. The van der Waals surface area contributed by atoms with Crippen molar-refractivity contribution in [2.75, 3.05) is 0 Å². The molecule has 2 atom stereocenters. The summed E-state index contributed by atoms with van der Waals surface area (Å²) in [5.74, 6) is 0.0499. The van der Waals surface area contributed by atoms with Gasteiger partial charge in [0.25, 0.3) is 0 Å². The van der Waals surface area contributed by atoms with E-state index in [4.69, 9.17) is 5.73 Å². The minimum atomic E-state index is -0.107. The summed E-state index contributed by atoms with van der Waals surface area (Å²) in [5, 5.41) is 0. The summed E-state index contributed by atoms with van der Waals surface area (Å²) in [6.45, 7) is 3.71. The maximum atomic E-state index is 11.7. The van der Waals surface area contributed by atoms with Crippen molar-refractivity contribution < 1.29 is 4.79 Å². The van der Waals surface area contributed by atoms with Gasteiger partial charge >= 0.3 is 0 Å². The van der Waals surface area contributed by atoms with Crippen LogP contribution in [-0.4, -0.2) is 16.8 Å². The molecule has 15 heavy (non-hydrogen) atoms. The SMILES string of the molecule is CC(N)C(C)C(=O)Cc1cncc(Br)c1. The van der Waals surface area contributed by atoms with Crippen LogP contribution in [-0.2, 0) is 11.2 Å². The first kappa shape index (κ1) is 12.3. The number of carbonyl (C=O) groups excluding carboxylic acids is 1. The van der Waals surface area contributed by atoms with Gasteiger partial charge in [0.1, 0.15) is 5.78 Å². The van der Waals surface area contributed by atoms with Gasteiger partial charge in [-0.15, -0.1) is 0 Å². The van der Waals surface area contributed by atoms with E-state index < -0.39 is 0 Å². The van der Waals surface area contributed by atoms with Gasteiger partial charge in [-0.05, 0) is 34.5 Å². The minimum Gasteiger partial charge on any atom is -0.327 e. The maximum absolute atomic E-state index is 11.7. The predicted octanol–water partition coefficient (Wildman–Crippen LogP) is 1.94. The van der Waals surface area contributed by atoms with Crippen LogP contribution in [0.5, 0.6) is 0 Å². The zero-order valence-corrected chi connectivity index (χ0v) is 10.5. The molecule has 3 nitrogen and oxygen atoms in total. The quantitative estimate of drug-likeness (QED) is 0.910. The first-order chi connectivity index (χ1) is 7.00. The fourth-order valence-corrected chi connectivity index (χ4v) is 1.62. The molecule has 0 radical (unpaired) electrons. The molecule has 1 heterocycles. The molecular weight excluding hydrogens is 256 g/mol. The van der Waals surface area contributed by atoms with Crippen LogP contribution in [0.1, 0.15) is 19.4 Å². The molecule has 0 bridgehead atoms. The lowest BCUT2D eigenvalue weighted by Crippen LogP contribution is -2.31.